The summed E-state index contributed by atoms with van der Waals surface area (Å²) < 4.78 is 1.84. The van der Waals surface area contributed by atoms with Crippen LogP contribution in [0.5, 0.6) is 0 Å². The Kier molecular flexibility index (Phi) is 6.35. The van der Waals surface area contributed by atoms with E-state index in [1.165, 1.54) is 5.56 Å². The summed E-state index contributed by atoms with van der Waals surface area (Å²) in [5.74, 6) is 0.0667. The number of carbonyl (C=O) groups excluding carboxylic acids is 1. The zero-order valence-electron chi connectivity index (χ0n) is 16.9. The minimum Gasteiger partial charge on any atom is -0.356 e. The molecular formula is C24H24N4OS. The van der Waals surface area contributed by atoms with Crippen LogP contribution in [0.4, 0.5) is 0 Å². The van der Waals surface area contributed by atoms with E-state index in [1.807, 2.05) is 54.3 Å². The number of para-hydroxylation sites is 1. The molecule has 1 N–H and O–H groups in total. The van der Waals surface area contributed by atoms with Crippen molar-refractivity contribution >= 4 is 17.2 Å². The van der Waals surface area contributed by atoms with Crippen LogP contribution in [0.15, 0.2) is 72.4 Å². The molecule has 4 aromatic rings. The van der Waals surface area contributed by atoms with E-state index in [1.54, 1.807) is 11.3 Å². The maximum atomic E-state index is 12.2. The van der Waals surface area contributed by atoms with Crippen LogP contribution in [0.1, 0.15) is 22.6 Å². The van der Waals surface area contributed by atoms with Gasteiger partial charge < -0.3 is 5.32 Å². The van der Waals surface area contributed by atoms with Crippen LogP contribution in [0, 0.1) is 6.92 Å². The first-order valence-electron chi connectivity index (χ1n) is 10.0. The van der Waals surface area contributed by atoms with Gasteiger partial charge >= 0.3 is 0 Å². The molecule has 6 heteroatoms. The Hall–Kier alpha value is -3.25. The topological polar surface area (TPSA) is 59.8 Å². The Balaban J connectivity index is 1.20. The summed E-state index contributed by atoms with van der Waals surface area (Å²) in [7, 11) is 0. The summed E-state index contributed by atoms with van der Waals surface area (Å²) >= 11 is 1.66. The number of benzene rings is 2. The highest BCUT2D eigenvalue weighted by Crippen LogP contribution is 2.21. The van der Waals surface area contributed by atoms with E-state index >= 15 is 0 Å². The van der Waals surface area contributed by atoms with Crippen molar-refractivity contribution in [1.82, 2.24) is 20.1 Å². The van der Waals surface area contributed by atoms with E-state index in [0.29, 0.717) is 19.4 Å². The lowest BCUT2D eigenvalue weighted by atomic mass is 10.1. The first-order valence-corrected chi connectivity index (χ1v) is 10.9. The molecule has 0 radical (unpaired) electrons. The number of nitrogens with one attached hydrogen (secondary N) is 1. The molecule has 0 spiro atoms. The molecule has 0 atom stereocenters. The van der Waals surface area contributed by atoms with Crippen molar-refractivity contribution in [2.75, 3.05) is 6.54 Å². The monoisotopic (exact) mass is 416 g/mol. The standard InChI is InChI=1S/C24H24N4OS/c1-18-27-23(17-30-18)21-10-7-19(8-11-21)13-14-25-24(29)12-9-20-15-26-28(16-20)22-5-3-2-4-6-22/h2-8,10-11,15-17H,9,12-14H2,1H3,(H,25,29). The summed E-state index contributed by atoms with van der Waals surface area (Å²) in [5, 5.41) is 10.5. The first-order chi connectivity index (χ1) is 14.7. The van der Waals surface area contributed by atoms with Gasteiger partial charge in [-0.3, -0.25) is 4.79 Å². The molecule has 152 valence electrons. The molecule has 0 aliphatic heterocycles. The third-order valence-electron chi connectivity index (χ3n) is 4.90. The number of aryl methyl sites for hydroxylation is 2. The van der Waals surface area contributed by atoms with E-state index in [-0.39, 0.29) is 5.91 Å². The quantitative estimate of drug-likeness (QED) is 0.457. The summed E-state index contributed by atoms with van der Waals surface area (Å²) in [6, 6.07) is 18.4. The summed E-state index contributed by atoms with van der Waals surface area (Å²) in [5.41, 5.74) is 5.43. The van der Waals surface area contributed by atoms with Crippen molar-refractivity contribution < 1.29 is 4.79 Å². The second-order valence-corrected chi connectivity index (χ2v) is 8.24. The van der Waals surface area contributed by atoms with E-state index in [4.69, 9.17) is 0 Å². The van der Waals surface area contributed by atoms with E-state index in [0.717, 1.165) is 33.9 Å². The highest BCUT2D eigenvalue weighted by atomic mass is 32.1. The van der Waals surface area contributed by atoms with Gasteiger partial charge in [-0.15, -0.1) is 11.3 Å². The molecule has 0 aliphatic rings. The smallest absolute Gasteiger partial charge is 0.220 e. The SMILES string of the molecule is Cc1nc(-c2ccc(CCNC(=O)CCc3cnn(-c4ccccc4)c3)cc2)cs1. The molecule has 1 amide bonds. The van der Waals surface area contributed by atoms with Crippen LogP contribution in [-0.4, -0.2) is 27.2 Å². The molecule has 2 aromatic carbocycles. The van der Waals surface area contributed by atoms with Crippen LogP contribution >= 0.6 is 11.3 Å². The van der Waals surface area contributed by atoms with Gasteiger partial charge in [0.1, 0.15) is 0 Å². The minimum absolute atomic E-state index is 0.0667. The third kappa shape index (κ3) is 5.21. The van der Waals surface area contributed by atoms with Crippen molar-refractivity contribution in [3.05, 3.63) is 88.5 Å². The van der Waals surface area contributed by atoms with Gasteiger partial charge in [-0.2, -0.15) is 5.10 Å². The summed E-state index contributed by atoms with van der Waals surface area (Å²) in [4.78, 5) is 16.7. The maximum absolute atomic E-state index is 12.2. The Labute approximate surface area is 180 Å². The van der Waals surface area contributed by atoms with E-state index in [9.17, 15) is 4.79 Å². The lowest BCUT2D eigenvalue weighted by Gasteiger charge is -2.06. The van der Waals surface area contributed by atoms with Crippen LogP contribution in [0.3, 0.4) is 0 Å². The molecule has 4 rings (SSSR count). The minimum atomic E-state index is 0.0667. The number of nitrogens with zero attached hydrogens (tertiary/aromatic N) is 3. The van der Waals surface area contributed by atoms with Gasteiger partial charge in [0.2, 0.25) is 5.91 Å². The molecule has 30 heavy (non-hydrogen) atoms. The van der Waals surface area contributed by atoms with Crippen molar-refractivity contribution in [2.45, 2.75) is 26.2 Å². The second kappa shape index (κ2) is 9.50. The van der Waals surface area contributed by atoms with Gasteiger partial charge in [0.05, 0.1) is 22.6 Å². The predicted octanol–water partition coefficient (Wildman–Crippen LogP) is 4.60. The highest BCUT2D eigenvalue weighted by Gasteiger charge is 2.06. The van der Waals surface area contributed by atoms with Crippen LogP contribution < -0.4 is 5.32 Å². The lowest BCUT2D eigenvalue weighted by molar-refractivity contribution is -0.121. The average molecular weight is 417 g/mol. The van der Waals surface area contributed by atoms with Crippen molar-refractivity contribution in [2.24, 2.45) is 0 Å². The Morgan fingerprint density at radius 2 is 1.83 bits per heavy atom. The third-order valence-corrected chi connectivity index (χ3v) is 5.68. The fourth-order valence-corrected chi connectivity index (χ4v) is 3.86. The zero-order valence-corrected chi connectivity index (χ0v) is 17.7. The number of aromatic nitrogens is 3. The fourth-order valence-electron chi connectivity index (χ4n) is 3.24. The normalized spacial score (nSPS) is 10.8. The molecular weight excluding hydrogens is 392 g/mol. The van der Waals surface area contributed by atoms with Gasteiger partial charge in [-0.1, -0.05) is 42.5 Å². The largest absolute Gasteiger partial charge is 0.356 e. The van der Waals surface area contributed by atoms with Crippen molar-refractivity contribution in [3.63, 3.8) is 0 Å². The van der Waals surface area contributed by atoms with E-state index < -0.39 is 0 Å². The van der Waals surface area contributed by atoms with Crippen molar-refractivity contribution in [3.8, 4) is 16.9 Å². The molecule has 2 aromatic heterocycles. The number of thiazole rings is 1. The number of carbonyl (C=O) groups is 1. The molecule has 0 saturated carbocycles. The van der Waals surface area contributed by atoms with Crippen molar-refractivity contribution in [1.29, 1.82) is 0 Å². The molecule has 5 nitrogen and oxygen atoms in total. The van der Waals surface area contributed by atoms with Gasteiger partial charge in [0.15, 0.2) is 0 Å². The Morgan fingerprint density at radius 1 is 1.03 bits per heavy atom. The number of hydrogen-bond donors (Lipinski definition) is 1. The Bertz CT molecular complexity index is 1100. The molecule has 0 unspecified atom stereocenters. The molecule has 2 heterocycles. The lowest BCUT2D eigenvalue weighted by Crippen LogP contribution is -2.25. The zero-order chi connectivity index (χ0) is 20.8. The summed E-state index contributed by atoms with van der Waals surface area (Å²) in [6.45, 7) is 2.65. The molecule has 0 fully saturated rings. The number of amides is 1. The maximum Gasteiger partial charge on any atom is 0.220 e. The predicted molar refractivity (Wildman–Crippen MR) is 121 cm³/mol. The Morgan fingerprint density at radius 3 is 2.57 bits per heavy atom. The van der Waals surface area contributed by atoms with Crippen LogP contribution in [-0.2, 0) is 17.6 Å². The van der Waals surface area contributed by atoms with Crippen LogP contribution in [0.25, 0.3) is 16.9 Å². The fraction of sp³-hybridized carbons (Fsp3) is 0.208. The van der Waals surface area contributed by atoms with Crippen LogP contribution in [0.2, 0.25) is 0 Å². The van der Waals surface area contributed by atoms with Gasteiger partial charge in [-0.25, -0.2) is 9.67 Å². The van der Waals surface area contributed by atoms with Gasteiger partial charge in [0.25, 0.3) is 0 Å². The first kappa shape index (κ1) is 20.0. The number of rotatable bonds is 8. The number of hydrogen-bond acceptors (Lipinski definition) is 4. The average Bonchev–Trinajstić information content (AvgIpc) is 3.43. The molecule has 0 saturated heterocycles. The molecule has 0 bridgehead atoms. The molecule has 0 aliphatic carbocycles. The summed E-state index contributed by atoms with van der Waals surface area (Å²) in [6.07, 6.45) is 5.76. The second-order valence-electron chi connectivity index (χ2n) is 7.18. The van der Waals surface area contributed by atoms with E-state index in [2.05, 4.69) is 45.0 Å². The highest BCUT2D eigenvalue weighted by molar-refractivity contribution is 7.09. The van der Waals surface area contributed by atoms with Gasteiger partial charge in [-0.05, 0) is 43.0 Å². The van der Waals surface area contributed by atoms with Gasteiger partial charge in [0, 0.05) is 30.1 Å².